The number of carbonyl (C=O) groups excluding carboxylic acids is 2. The molecule has 0 radical (unpaired) electrons. The van der Waals surface area contributed by atoms with Crippen LogP contribution in [0.4, 0.5) is 5.69 Å². The number of hydrogen-bond acceptors (Lipinski definition) is 4. The minimum absolute atomic E-state index is 0.0436. The SMILES string of the molecule is CC[C@H](C)NC(=O)[C@@H](C)N(Cc1ccc(C)cc1)C(=O)CN(c1ccc(Cl)cc1)S(C)(=O)=O. The van der Waals surface area contributed by atoms with E-state index < -0.39 is 28.5 Å². The monoisotopic (exact) mass is 493 g/mol. The summed E-state index contributed by atoms with van der Waals surface area (Å²) in [6.07, 6.45) is 1.79. The fourth-order valence-corrected chi connectivity index (χ4v) is 4.13. The smallest absolute Gasteiger partial charge is 0.244 e. The van der Waals surface area contributed by atoms with Crippen LogP contribution >= 0.6 is 11.6 Å². The van der Waals surface area contributed by atoms with Crippen LogP contribution in [0.1, 0.15) is 38.3 Å². The highest BCUT2D eigenvalue weighted by Gasteiger charge is 2.30. The molecule has 0 aliphatic rings. The first kappa shape index (κ1) is 26.7. The molecule has 9 heteroatoms. The Hall–Kier alpha value is -2.58. The Kier molecular flexibility index (Phi) is 9.31. The summed E-state index contributed by atoms with van der Waals surface area (Å²) in [7, 11) is -3.76. The van der Waals surface area contributed by atoms with Crippen molar-refractivity contribution in [3.63, 3.8) is 0 Å². The van der Waals surface area contributed by atoms with Gasteiger partial charge in [-0.2, -0.15) is 0 Å². The molecular weight excluding hydrogens is 462 g/mol. The number of nitrogens with one attached hydrogen (secondary N) is 1. The van der Waals surface area contributed by atoms with Gasteiger partial charge in [0.15, 0.2) is 0 Å². The molecule has 0 aliphatic heterocycles. The number of rotatable bonds is 10. The maximum Gasteiger partial charge on any atom is 0.244 e. The number of sulfonamides is 1. The van der Waals surface area contributed by atoms with Crippen molar-refractivity contribution in [3.05, 3.63) is 64.7 Å². The largest absolute Gasteiger partial charge is 0.352 e. The summed E-state index contributed by atoms with van der Waals surface area (Å²) in [5.74, 6) is -0.773. The lowest BCUT2D eigenvalue weighted by molar-refractivity contribution is -0.139. The van der Waals surface area contributed by atoms with Crippen LogP contribution < -0.4 is 9.62 Å². The number of hydrogen-bond donors (Lipinski definition) is 1. The fourth-order valence-electron chi connectivity index (χ4n) is 3.16. The number of benzene rings is 2. The zero-order chi connectivity index (χ0) is 24.8. The second-order valence-electron chi connectivity index (χ2n) is 8.25. The maximum atomic E-state index is 13.4. The molecule has 2 aromatic carbocycles. The molecule has 1 N–H and O–H groups in total. The van der Waals surface area contributed by atoms with Crippen LogP contribution in [0, 0.1) is 6.92 Å². The first-order valence-electron chi connectivity index (χ1n) is 10.8. The van der Waals surface area contributed by atoms with E-state index in [0.717, 1.165) is 28.1 Å². The summed E-state index contributed by atoms with van der Waals surface area (Å²) in [6.45, 7) is 7.20. The Morgan fingerprint density at radius 3 is 2.12 bits per heavy atom. The van der Waals surface area contributed by atoms with Gasteiger partial charge < -0.3 is 10.2 Å². The van der Waals surface area contributed by atoms with E-state index in [1.54, 1.807) is 31.2 Å². The summed E-state index contributed by atoms with van der Waals surface area (Å²) in [5, 5.41) is 3.36. The third-order valence-corrected chi connectivity index (χ3v) is 6.83. The molecule has 2 rings (SSSR count). The number of amides is 2. The van der Waals surface area contributed by atoms with Crippen LogP contribution in [-0.2, 0) is 26.2 Å². The van der Waals surface area contributed by atoms with E-state index in [9.17, 15) is 18.0 Å². The highest BCUT2D eigenvalue weighted by atomic mass is 35.5. The molecule has 0 saturated carbocycles. The van der Waals surface area contributed by atoms with Crippen LogP contribution in [0.25, 0.3) is 0 Å². The normalized spacial score (nSPS) is 13.2. The van der Waals surface area contributed by atoms with Crippen LogP contribution in [0.15, 0.2) is 48.5 Å². The highest BCUT2D eigenvalue weighted by Crippen LogP contribution is 2.21. The molecular formula is C24H32ClN3O4S. The number of anilines is 1. The van der Waals surface area contributed by atoms with Crippen molar-refractivity contribution < 1.29 is 18.0 Å². The van der Waals surface area contributed by atoms with Crippen molar-refractivity contribution in [2.24, 2.45) is 0 Å². The minimum atomic E-state index is -3.76. The summed E-state index contributed by atoms with van der Waals surface area (Å²) in [6, 6.07) is 13.0. The molecule has 2 aromatic rings. The summed E-state index contributed by atoms with van der Waals surface area (Å²) < 4.78 is 26.0. The highest BCUT2D eigenvalue weighted by molar-refractivity contribution is 7.92. The molecule has 0 heterocycles. The second-order valence-corrected chi connectivity index (χ2v) is 10.6. The van der Waals surface area contributed by atoms with Gasteiger partial charge in [0.2, 0.25) is 21.8 Å². The third kappa shape index (κ3) is 7.75. The van der Waals surface area contributed by atoms with Gasteiger partial charge in [0.1, 0.15) is 12.6 Å². The van der Waals surface area contributed by atoms with E-state index >= 15 is 0 Å². The van der Waals surface area contributed by atoms with Gasteiger partial charge in [-0.1, -0.05) is 48.4 Å². The molecule has 0 aromatic heterocycles. The molecule has 7 nitrogen and oxygen atoms in total. The van der Waals surface area contributed by atoms with Gasteiger partial charge in [-0.05, 0) is 57.0 Å². The van der Waals surface area contributed by atoms with Gasteiger partial charge in [0.05, 0.1) is 11.9 Å². The van der Waals surface area contributed by atoms with Gasteiger partial charge >= 0.3 is 0 Å². The summed E-state index contributed by atoms with van der Waals surface area (Å²) >= 11 is 5.93. The zero-order valence-electron chi connectivity index (χ0n) is 19.7. The van der Waals surface area contributed by atoms with E-state index in [2.05, 4.69) is 5.32 Å². The molecule has 0 aliphatic carbocycles. The topological polar surface area (TPSA) is 86.8 Å². The second kappa shape index (κ2) is 11.5. The van der Waals surface area contributed by atoms with Crippen molar-refractivity contribution in [2.75, 3.05) is 17.1 Å². The third-order valence-electron chi connectivity index (χ3n) is 5.44. The Morgan fingerprint density at radius 1 is 1.03 bits per heavy atom. The molecule has 2 atom stereocenters. The van der Waals surface area contributed by atoms with E-state index in [1.165, 1.54) is 4.90 Å². The molecule has 2 amide bonds. The number of aryl methyl sites for hydroxylation is 1. The molecule has 33 heavy (non-hydrogen) atoms. The van der Waals surface area contributed by atoms with E-state index in [0.29, 0.717) is 10.7 Å². The molecule has 0 spiro atoms. The van der Waals surface area contributed by atoms with Crippen molar-refractivity contribution in [2.45, 2.75) is 52.7 Å². The Balaban J connectivity index is 2.36. The standard InChI is InChI=1S/C24H32ClN3O4S/c1-6-18(3)26-24(30)19(4)27(15-20-9-7-17(2)8-10-20)23(29)16-28(33(5,31)32)22-13-11-21(25)12-14-22/h7-14,18-19H,6,15-16H2,1-5H3,(H,26,30)/t18-,19+/m0/s1. The average Bonchev–Trinajstić information content (AvgIpc) is 2.76. The molecule has 0 saturated heterocycles. The van der Waals surface area contributed by atoms with Gasteiger partial charge in [0.25, 0.3) is 0 Å². The van der Waals surface area contributed by atoms with Crippen molar-refractivity contribution in [1.82, 2.24) is 10.2 Å². The predicted octanol–water partition coefficient (Wildman–Crippen LogP) is 3.75. The van der Waals surface area contributed by atoms with Gasteiger partial charge in [-0.25, -0.2) is 8.42 Å². The van der Waals surface area contributed by atoms with E-state index in [1.807, 2.05) is 45.0 Å². The molecule has 0 unspecified atom stereocenters. The maximum absolute atomic E-state index is 13.4. The molecule has 0 bridgehead atoms. The Bertz CT molecular complexity index is 1060. The van der Waals surface area contributed by atoms with Crippen molar-refractivity contribution in [3.8, 4) is 0 Å². The van der Waals surface area contributed by atoms with E-state index in [4.69, 9.17) is 11.6 Å². The van der Waals surface area contributed by atoms with E-state index in [-0.39, 0.29) is 18.5 Å². The quantitative estimate of drug-likeness (QED) is 0.546. The summed E-state index contributed by atoms with van der Waals surface area (Å²) in [4.78, 5) is 27.7. The number of carbonyl (C=O) groups is 2. The first-order valence-corrected chi connectivity index (χ1v) is 13.0. The lowest BCUT2D eigenvalue weighted by Crippen LogP contribution is -2.52. The lowest BCUT2D eigenvalue weighted by Gasteiger charge is -2.32. The average molecular weight is 494 g/mol. The molecule has 180 valence electrons. The zero-order valence-corrected chi connectivity index (χ0v) is 21.3. The minimum Gasteiger partial charge on any atom is -0.352 e. The Morgan fingerprint density at radius 2 is 1.61 bits per heavy atom. The lowest BCUT2D eigenvalue weighted by atomic mass is 10.1. The first-order chi connectivity index (χ1) is 15.4. The summed E-state index contributed by atoms with van der Waals surface area (Å²) in [5.41, 5.74) is 2.24. The van der Waals surface area contributed by atoms with Crippen molar-refractivity contribution >= 4 is 39.1 Å². The van der Waals surface area contributed by atoms with Gasteiger partial charge in [-0.15, -0.1) is 0 Å². The number of nitrogens with zero attached hydrogens (tertiary/aromatic N) is 2. The molecule has 0 fully saturated rings. The fraction of sp³-hybridized carbons (Fsp3) is 0.417. The Labute approximate surface area is 201 Å². The van der Waals surface area contributed by atoms with Crippen molar-refractivity contribution in [1.29, 1.82) is 0 Å². The van der Waals surface area contributed by atoms with Gasteiger partial charge in [-0.3, -0.25) is 13.9 Å². The van der Waals surface area contributed by atoms with Crippen LogP contribution in [0.3, 0.4) is 0 Å². The van der Waals surface area contributed by atoms with Crippen LogP contribution in [0.5, 0.6) is 0 Å². The number of halogens is 1. The van der Waals surface area contributed by atoms with Gasteiger partial charge in [0, 0.05) is 17.6 Å². The van der Waals surface area contributed by atoms with Crippen LogP contribution in [0.2, 0.25) is 5.02 Å². The van der Waals surface area contributed by atoms with Crippen LogP contribution in [-0.4, -0.2) is 50.0 Å². The predicted molar refractivity (Wildman–Crippen MR) is 133 cm³/mol.